The van der Waals surface area contributed by atoms with E-state index in [9.17, 15) is 9.59 Å². The number of carbonyl (C=O) groups excluding carboxylic acids is 2. The predicted molar refractivity (Wildman–Crippen MR) is 69.2 cm³/mol. The third kappa shape index (κ3) is 3.26. The molecule has 1 aromatic carbocycles. The molecule has 5 nitrogen and oxygen atoms in total. The number of carbonyl (C=O) groups is 2. The molecule has 0 saturated carbocycles. The molecule has 0 spiro atoms. The Labute approximate surface area is 111 Å². The summed E-state index contributed by atoms with van der Waals surface area (Å²) in [6.07, 6.45) is 6.34. The van der Waals surface area contributed by atoms with Crippen LogP contribution in [0.25, 0.3) is 0 Å². The first-order valence-electron chi connectivity index (χ1n) is 5.98. The zero-order valence-electron chi connectivity index (χ0n) is 10.4. The van der Waals surface area contributed by atoms with Crippen LogP contribution in [-0.2, 0) is 4.79 Å². The van der Waals surface area contributed by atoms with Crippen molar-refractivity contribution in [2.45, 2.75) is 12.8 Å². The number of ether oxygens (including phenoxy) is 1. The number of benzene rings is 1. The average Bonchev–Trinajstić information content (AvgIpc) is 2.82. The maximum absolute atomic E-state index is 11.9. The largest absolute Gasteiger partial charge is 0.481 e. The summed E-state index contributed by atoms with van der Waals surface area (Å²) in [4.78, 5) is 23.3. The van der Waals surface area contributed by atoms with E-state index in [1.165, 1.54) is 5.01 Å². The number of terminal acetylenes is 1. The molecule has 98 valence electrons. The van der Waals surface area contributed by atoms with Gasteiger partial charge in [-0.25, -0.2) is 0 Å². The smallest absolute Gasteiger partial charge is 0.269 e. The fraction of sp³-hybridized carbons (Fsp3) is 0.286. The standard InChI is InChI=1S/C14H14N2O3/c1-2-10-19-12-7-5-11(6-8-12)14(18)15-16-9-3-4-13(16)17/h1,5-8H,3-4,9-10H2,(H,15,18). The van der Waals surface area contributed by atoms with Crippen molar-refractivity contribution in [3.8, 4) is 18.1 Å². The van der Waals surface area contributed by atoms with Gasteiger partial charge in [-0.3, -0.25) is 20.0 Å². The molecule has 1 aromatic rings. The van der Waals surface area contributed by atoms with Gasteiger partial charge in [-0.2, -0.15) is 0 Å². The molecule has 2 rings (SSSR count). The van der Waals surface area contributed by atoms with E-state index in [-0.39, 0.29) is 18.4 Å². The number of hydrazine groups is 1. The summed E-state index contributed by atoms with van der Waals surface area (Å²) in [6, 6.07) is 6.58. The van der Waals surface area contributed by atoms with E-state index in [0.29, 0.717) is 24.3 Å². The van der Waals surface area contributed by atoms with Crippen molar-refractivity contribution in [3.05, 3.63) is 29.8 Å². The van der Waals surface area contributed by atoms with E-state index >= 15 is 0 Å². The molecule has 5 heteroatoms. The van der Waals surface area contributed by atoms with Gasteiger partial charge in [0.25, 0.3) is 5.91 Å². The summed E-state index contributed by atoms with van der Waals surface area (Å²) < 4.78 is 5.21. The highest BCUT2D eigenvalue weighted by Gasteiger charge is 2.22. The van der Waals surface area contributed by atoms with E-state index in [4.69, 9.17) is 11.2 Å². The van der Waals surface area contributed by atoms with Gasteiger partial charge in [0.1, 0.15) is 12.4 Å². The van der Waals surface area contributed by atoms with E-state index in [0.717, 1.165) is 6.42 Å². The van der Waals surface area contributed by atoms with Gasteiger partial charge in [0.2, 0.25) is 5.91 Å². The second-order valence-electron chi connectivity index (χ2n) is 4.11. The molecule has 2 amide bonds. The van der Waals surface area contributed by atoms with Crippen molar-refractivity contribution in [3.63, 3.8) is 0 Å². The summed E-state index contributed by atoms with van der Waals surface area (Å²) in [5.41, 5.74) is 3.04. The average molecular weight is 258 g/mol. The molecule has 1 heterocycles. The fourth-order valence-corrected chi connectivity index (χ4v) is 1.78. The van der Waals surface area contributed by atoms with Crippen LogP contribution >= 0.6 is 0 Å². The highest BCUT2D eigenvalue weighted by molar-refractivity contribution is 5.95. The Balaban J connectivity index is 1.95. The zero-order chi connectivity index (χ0) is 13.7. The number of hydrogen-bond donors (Lipinski definition) is 1. The molecule has 0 aromatic heterocycles. The lowest BCUT2D eigenvalue weighted by atomic mass is 10.2. The maximum Gasteiger partial charge on any atom is 0.269 e. The van der Waals surface area contributed by atoms with Crippen molar-refractivity contribution in [2.24, 2.45) is 0 Å². The van der Waals surface area contributed by atoms with Crippen LogP contribution in [0, 0.1) is 12.3 Å². The fourth-order valence-electron chi connectivity index (χ4n) is 1.78. The highest BCUT2D eigenvalue weighted by atomic mass is 16.5. The van der Waals surface area contributed by atoms with E-state index in [2.05, 4.69) is 11.3 Å². The van der Waals surface area contributed by atoms with Crippen LogP contribution < -0.4 is 10.2 Å². The van der Waals surface area contributed by atoms with Crippen LogP contribution in [-0.4, -0.2) is 30.0 Å². The van der Waals surface area contributed by atoms with Crippen LogP contribution in [0.5, 0.6) is 5.75 Å². The zero-order valence-corrected chi connectivity index (χ0v) is 10.4. The first-order chi connectivity index (χ1) is 9.20. The SMILES string of the molecule is C#CCOc1ccc(C(=O)NN2CCCC2=O)cc1. The van der Waals surface area contributed by atoms with Gasteiger partial charge in [-0.15, -0.1) is 6.42 Å². The number of nitrogens with zero attached hydrogens (tertiary/aromatic N) is 1. The Morgan fingerprint density at radius 3 is 2.74 bits per heavy atom. The monoisotopic (exact) mass is 258 g/mol. The van der Waals surface area contributed by atoms with Crippen LogP contribution in [0.15, 0.2) is 24.3 Å². The molecule has 0 atom stereocenters. The number of nitrogens with one attached hydrogen (secondary N) is 1. The molecule has 0 bridgehead atoms. The maximum atomic E-state index is 11.9. The van der Waals surface area contributed by atoms with Crippen molar-refractivity contribution >= 4 is 11.8 Å². The highest BCUT2D eigenvalue weighted by Crippen LogP contribution is 2.13. The molecule has 1 saturated heterocycles. The number of hydrogen-bond acceptors (Lipinski definition) is 3. The lowest BCUT2D eigenvalue weighted by Crippen LogP contribution is -2.42. The van der Waals surface area contributed by atoms with Crippen LogP contribution in [0.1, 0.15) is 23.2 Å². The Hall–Kier alpha value is -2.48. The van der Waals surface area contributed by atoms with Gasteiger partial charge in [-0.1, -0.05) is 5.92 Å². The van der Waals surface area contributed by atoms with Crippen molar-refractivity contribution < 1.29 is 14.3 Å². The van der Waals surface area contributed by atoms with Crippen molar-refractivity contribution in [1.29, 1.82) is 0 Å². The number of rotatable bonds is 4. The van der Waals surface area contributed by atoms with Gasteiger partial charge in [-0.05, 0) is 30.7 Å². The molecule has 19 heavy (non-hydrogen) atoms. The van der Waals surface area contributed by atoms with Crippen LogP contribution in [0.4, 0.5) is 0 Å². The normalized spacial score (nSPS) is 14.1. The third-order valence-corrected chi connectivity index (χ3v) is 2.75. The van der Waals surface area contributed by atoms with E-state index < -0.39 is 0 Å². The minimum absolute atomic E-state index is 0.0534. The quantitative estimate of drug-likeness (QED) is 0.818. The second kappa shape index (κ2) is 5.91. The number of amides is 2. The molecule has 0 aliphatic carbocycles. The molecule has 1 aliphatic heterocycles. The van der Waals surface area contributed by atoms with Crippen molar-refractivity contribution in [2.75, 3.05) is 13.2 Å². The lowest BCUT2D eigenvalue weighted by molar-refractivity contribution is -0.129. The Kier molecular flexibility index (Phi) is 4.04. The topological polar surface area (TPSA) is 58.6 Å². The molecular formula is C14H14N2O3. The summed E-state index contributed by atoms with van der Waals surface area (Å²) in [5.74, 6) is 2.60. The van der Waals surface area contributed by atoms with Gasteiger partial charge in [0.05, 0.1) is 0 Å². The molecule has 0 radical (unpaired) electrons. The summed E-state index contributed by atoms with van der Waals surface area (Å²) >= 11 is 0. The van der Waals surface area contributed by atoms with E-state index in [1.807, 2.05) is 0 Å². The summed E-state index contributed by atoms with van der Waals surface area (Å²) in [7, 11) is 0. The van der Waals surface area contributed by atoms with Crippen LogP contribution in [0.3, 0.4) is 0 Å². The summed E-state index contributed by atoms with van der Waals surface area (Å²) in [6.45, 7) is 0.752. The Morgan fingerprint density at radius 2 is 2.16 bits per heavy atom. The third-order valence-electron chi connectivity index (χ3n) is 2.75. The van der Waals surface area contributed by atoms with Gasteiger partial charge >= 0.3 is 0 Å². The molecule has 1 aliphatic rings. The van der Waals surface area contributed by atoms with Crippen LogP contribution in [0.2, 0.25) is 0 Å². The van der Waals surface area contributed by atoms with Gasteiger partial charge in [0.15, 0.2) is 0 Å². The Bertz CT molecular complexity index is 516. The Morgan fingerprint density at radius 1 is 1.42 bits per heavy atom. The van der Waals surface area contributed by atoms with Crippen molar-refractivity contribution in [1.82, 2.24) is 10.4 Å². The molecule has 1 N–H and O–H groups in total. The van der Waals surface area contributed by atoms with Gasteiger partial charge in [0, 0.05) is 18.5 Å². The molecule has 1 fully saturated rings. The minimum atomic E-state index is -0.307. The minimum Gasteiger partial charge on any atom is -0.481 e. The second-order valence-corrected chi connectivity index (χ2v) is 4.11. The summed E-state index contributed by atoms with van der Waals surface area (Å²) in [5, 5.41) is 1.35. The van der Waals surface area contributed by atoms with E-state index in [1.54, 1.807) is 24.3 Å². The van der Waals surface area contributed by atoms with Gasteiger partial charge < -0.3 is 4.74 Å². The lowest BCUT2D eigenvalue weighted by Gasteiger charge is -2.16. The first-order valence-corrected chi connectivity index (χ1v) is 5.98. The first kappa shape index (κ1) is 13.0. The molecule has 0 unspecified atom stereocenters. The predicted octanol–water partition coefficient (Wildman–Crippen LogP) is 0.966. The molecular weight excluding hydrogens is 244 g/mol.